The van der Waals surface area contributed by atoms with Crippen molar-refractivity contribution < 1.29 is 9.47 Å². The van der Waals surface area contributed by atoms with Gasteiger partial charge in [0.1, 0.15) is 11.5 Å². The highest BCUT2D eigenvalue weighted by atomic mass is 16.5. The Balaban J connectivity index is 2.44. The van der Waals surface area contributed by atoms with E-state index >= 15 is 0 Å². The second kappa shape index (κ2) is 5.97. The monoisotopic (exact) mass is 271 g/mol. The van der Waals surface area contributed by atoms with Crippen LogP contribution in [0.2, 0.25) is 0 Å². The van der Waals surface area contributed by atoms with E-state index in [9.17, 15) is 0 Å². The van der Waals surface area contributed by atoms with Crippen molar-refractivity contribution in [2.75, 3.05) is 14.2 Å². The number of hydrogen-bond acceptors (Lipinski definition) is 3. The van der Waals surface area contributed by atoms with Gasteiger partial charge >= 0.3 is 0 Å². The zero-order chi connectivity index (χ0) is 14.7. The molecule has 2 aromatic rings. The van der Waals surface area contributed by atoms with E-state index < -0.39 is 0 Å². The second-order valence-electron chi connectivity index (χ2n) is 5.01. The maximum Gasteiger partial charge on any atom is 0.127 e. The average Bonchev–Trinajstić information content (AvgIpc) is 2.44. The molecular weight excluding hydrogens is 250 g/mol. The smallest absolute Gasteiger partial charge is 0.127 e. The van der Waals surface area contributed by atoms with Gasteiger partial charge in [-0.05, 0) is 31.5 Å². The largest absolute Gasteiger partial charge is 0.497 e. The number of rotatable bonds is 4. The summed E-state index contributed by atoms with van der Waals surface area (Å²) in [4.78, 5) is 0. The first kappa shape index (κ1) is 14.4. The molecule has 0 aliphatic carbocycles. The maximum absolute atomic E-state index is 6.40. The van der Waals surface area contributed by atoms with E-state index in [1.165, 1.54) is 11.1 Å². The van der Waals surface area contributed by atoms with E-state index in [0.717, 1.165) is 22.6 Å². The highest BCUT2D eigenvalue weighted by Gasteiger charge is 2.15. The van der Waals surface area contributed by atoms with Gasteiger partial charge in [0.2, 0.25) is 0 Å². The lowest BCUT2D eigenvalue weighted by Gasteiger charge is -2.18. The molecule has 0 saturated heterocycles. The van der Waals surface area contributed by atoms with E-state index in [4.69, 9.17) is 15.2 Å². The molecule has 3 nitrogen and oxygen atoms in total. The van der Waals surface area contributed by atoms with Crippen LogP contribution in [-0.2, 0) is 0 Å². The summed E-state index contributed by atoms with van der Waals surface area (Å²) in [6, 6.07) is 11.9. The van der Waals surface area contributed by atoms with Gasteiger partial charge in [0.15, 0.2) is 0 Å². The fourth-order valence-electron chi connectivity index (χ4n) is 2.44. The van der Waals surface area contributed by atoms with Crippen molar-refractivity contribution in [2.45, 2.75) is 19.9 Å². The highest BCUT2D eigenvalue weighted by Crippen LogP contribution is 2.32. The standard InChI is InChI=1S/C17H21NO2/c1-11-7-12(2)9-13(8-11)17(18)15-6-5-14(19-3)10-16(15)20-4/h5-10,17H,18H2,1-4H3. The SMILES string of the molecule is COc1ccc(C(N)c2cc(C)cc(C)c2)c(OC)c1. The van der Waals surface area contributed by atoms with Gasteiger partial charge in [-0.1, -0.05) is 29.3 Å². The Labute approximate surface area is 120 Å². The van der Waals surface area contributed by atoms with Crippen LogP contribution < -0.4 is 15.2 Å². The molecule has 1 unspecified atom stereocenters. The van der Waals surface area contributed by atoms with E-state index in [0.29, 0.717) is 0 Å². The van der Waals surface area contributed by atoms with Crippen molar-refractivity contribution in [3.8, 4) is 11.5 Å². The quantitative estimate of drug-likeness (QED) is 0.927. The summed E-state index contributed by atoms with van der Waals surface area (Å²) in [6.45, 7) is 4.16. The van der Waals surface area contributed by atoms with Crippen LogP contribution in [-0.4, -0.2) is 14.2 Å². The molecule has 2 aromatic carbocycles. The Kier molecular flexibility index (Phi) is 4.30. The van der Waals surface area contributed by atoms with Crippen LogP contribution in [0.1, 0.15) is 28.3 Å². The lowest BCUT2D eigenvalue weighted by atomic mass is 9.95. The molecule has 0 aromatic heterocycles. The summed E-state index contributed by atoms with van der Waals surface area (Å²) < 4.78 is 10.6. The van der Waals surface area contributed by atoms with E-state index in [1.54, 1.807) is 14.2 Å². The van der Waals surface area contributed by atoms with Gasteiger partial charge in [-0.2, -0.15) is 0 Å². The Morgan fingerprint density at radius 2 is 1.55 bits per heavy atom. The fourth-order valence-corrected chi connectivity index (χ4v) is 2.44. The number of hydrogen-bond donors (Lipinski definition) is 1. The van der Waals surface area contributed by atoms with Crippen LogP contribution in [0.4, 0.5) is 0 Å². The minimum Gasteiger partial charge on any atom is -0.497 e. The minimum atomic E-state index is -0.213. The molecule has 3 heteroatoms. The number of aryl methyl sites for hydroxylation is 2. The molecule has 0 heterocycles. The molecule has 1 atom stereocenters. The third-order valence-electron chi connectivity index (χ3n) is 3.38. The molecule has 0 aliphatic heterocycles. The van der Waals surface area contributed by atoms with Crippen LogP contribution in [0.5, 0.6) is 11.5 Å². The van der Waals surface area contributed by atoms with Crippen molar-refractivity contribution in [2.24, 2.45) is 5.73 Å². The Morgan fingerprint density at radius 3 is 2.10 bits per heavy atom. The summed E-state index contributed by atoms with van der Waals surface area (Å²) in [5.41, 5.74) is 10.9. The second-order valence-corrected chi connectivity index (χ2v) is 5.01. The Morgan fingerprint density at radius 1 is 0.900 bits per heavy atom. The van der Waals surface area contributed by atoms with Crippen LogP contribution in [0.15, 0.2) is 36.4 Å². The first-order valence-corrected chi connectivity index (χ1v) is 6.61. The number of benzene rings is 2. The molecule has 0 bridgehead atoms. The molecule has 0 radical (unpaired) electrons. The summed E-state index contributed by atoms with van der Waals surface area (Å²) in [7, 11) is 3.28. The molecule has 0 saturated carbocycles. The third kappa shape index (κ3) is 2.94. The highest BCUT2D eigenvalue weighted by molar-refractivity contribution is 5.46. The molecule has 0 aliphatic rings. The summed E-state index contributed by atoms with van der Waals surface area (Å²) in [6.07, 6.45) is 0. The van der Waals surface area contributed by atoms with Gasteiger partial charge in [-0.25, -0.2) is 0 Å². The van der Waals surface area contributed by atoms with E-state index in [2.05, 4.69) is 32.0 Å². The number of ether oxygens (including phenoxy) is 2. The number of nitrogens with two attached hydrogens (primary N) is 1. The lowest BCUT2D eigenvalue weighted by Crippen LogP contribution is -2.13. The van der Waals surface area contributed by atoms with Gasteiger partial charge in [-0.3, -0.25) is 0 Å². The minimum absolute atomic E-state index is 0.213. The van der Waals surface area contributed by atoms with Crippen molar-refractivity contribution in [3.05, 3.63) is 58.7 Å². The van der Waals surface area contributed by atoms with Gasteiger partial charge in [0, 0.05) is 11.6 Å². The van der Waals surface area contributed by atoms with Crippen molar-refractivity contribution in [1.29, 1.82) is 0 Å². The molecule has 0 amide bonds. The van der Waals surface area contributed by atoms with Gasteiger partial charge in [0.25, 0.3) is 0 Å². The maximum atomic E-state index is 6.40. The Hall–Kier alpha value is -2.00. The van der Waals surface area contributed by atoms with Crippen LogP contribution in [0, 0.1) is 13.8 Å². The van der Waals surface area contributed by atoms with E-state index in [-0.39, 0.29) is 6.04 Å². The molecule has 20 heavy (non-hydrogen) atoms. The molecule has 0 spiro atoms. The van der Waals surface area contributed by atoms with Crippen LogP contribution >= 0.6 is 0 Å². The van der Waals surface area contributed by atoms with Crippen LogP contribution in [0.3, 0.4) is 0 Å². The van der Waals surface area contributed by atoms with Gasteiger partial charge in [-0.15, -0.1) is 0 Å². The zero-order valence-corrected chi connectivity index (χ0v) is 12.4. The summed E-state index contributed by atoms with van der Waals surface area (Å²) in [5, 5.41) is 0. The zero-order valence-electron chi connectivity index (χ0n) is 12.4. The molecule has 106 valence electrons. The first-order valence-electron chi connectivity index (χ1n) is 6.61. The lowest BCUT2D eigenvalue weighted by molar-refractivity contribution is 0.390. The molecule has 2 rings (SSSR count). The van der Waals surface area contributed by atoms with Crippen LogP contribution in [0.25, 0.3) is 0 Å². The predicted molar refractivity (Wildman–Crippen MR) is 81.5 cm³/mol. The normalized spacial score (nSPS) is 12.1. The van der Waals surface area contributed by atoms with Crippen molar-refractivity contribution >= 4 is 0 Å². The van der Waals surface area contributed by atoms with Gasteiger partial charge < -0.3 is 15.2 Å². The average molecular weight is 271 g/mol. The predicted octanol–water partition coefficient (Wildman–Crippen LogP) is 3.37. The van der Waals surface area contributed by atoms with E-state index in [1.807, 2.05) is 18.2 Å². The molecular formula is C17H21NO2. The first-order chi connectivity index (χ1) is 9.55. The number of methoxy groups -OCH3 is 2. The van der Waals surface area contributed by atoms with Gasteiger partial charge in [0.05, 0.1) is 20.3 Å². The van der Waals surface area contributed by atoms with Crippen molar-refractivity contribution in [3.63, 3.8) is 0 Å². The summed E-state index contributed by atoms with van der Waals surface area (Å²) in [5.74, 6) is 1.51. The topological polar surface area (TPSA) is 44.5 Å². The fraction of sp³-hybridized carbons (Fsp3) is 0.294. The summed E-state index contributed by atoms with van der Waals surface area (Å²) >= 11 is 0. The van der Waals surface area contributed by atoms with Crippen molar-refractivity contribution in [1.82, 2.24) is 0 Å². The third-order valence-corrected chi connectivity index (χ3v) is 3.38. The Bertz CT molecular complexity index is 588. The molecule has 2 N–H and O–H groups in total. The molecule has 0 fully saturated rings.